The predicted molar refractivity (Wildman–Crippen MR) is 145 cm³/mol. The molecule has 0 N–H and O–H groups in total. The van der Waals surface area contributed by atoms with Crippen LogP contribution >= 0.6 is 11.6 Å². The van der Waals surface area contributed by atoms with Gasteiger partial charge in [-0.2, -0.15) is 0 Å². The van der Waals surface area contributed by atoms with E-state index in [0.717, 1.165) is 74.6 Å². The van der Waals surface area contributed by atoms with E-state index in [9.17, 15) is 4.79 Å². The lowest BCUT2D eigenvalue weighted by Crippen LogP contribution is -2.28. The van der Waals surface area contributed by atoms with E-state index in [1.165, 1.54) is 12.0 Å². The number of aryl methyl sites for hydroxylation is 2. The van der Waals surface area contributed by atoms with Crippen molar-refractivity contribution in [1.82, 2.24) is 14.0 Å². The second-order valence-corrected chi connectivity index (χ2v) is 10.1. The van der Waals surface area contributed by atoms with Crippen LogP contribution < -0.4 is 10.5 Å². The highest BCUT2D eigenvalue weighted by Gasteiger charge is 2.26. The van der Waals surface area contributed by atoms with E-state index in [1.54, 1.807) is 4.40 Å². The first-order chi connectivity index (χ1) is 17.1. The molecule has 6 heteroatoms. The van der Waals surface area contributed by atoms with Crippen LogP contribution in [0.1, 0.15) is 44.6 Å². The van der Waals surface area contributed by atoms with Crippen LogP contribution in [-0.2, 0) is 13.0 Å². The highest BCUT2D eigenvalue weighted by Crippen LogP contribution is 2.29. The Bertz CT molecular complexity index is 1330. The number of hydrogen-bond donors (Lipinski definition) is 0. The first-order valence-electron chi connectivity index (χ1n) is 12.8. The molecular weight excluding hydrogens is 456 g/mol. The normalized spacial score (nSPS) is 15.8. The number of aromatic nitrogens is 3. The largest absolute Gasteiger partial charge is 0.357 e. The molecule has 0 amide bonds. The minimum Gasteiger partial charge on any atom is -0.357 e. The number of fused-ring (bicyclic) bond motifs is 1. The Morgan fingerprint density at radius 2 is 1.86 bits per heavy atom. The van der Waals surface area contributed by atoms with E-state index < -0.39 is 0 Å². The molecule has 1 aliphatic rings. The van der Waals surface area contributed by atoms with Crippen LogP contribution in [0, 0.1) is 5.92 Å². The summed E-state index contributed by atoms with van der Waals surface area (Å²) in [5, 5.41) is 0.690. The Kier molecular flexibility index (Phi) is 7.24. The topological polar surface area (TPSA) is 42.5 Å². The number of imidazole rings is 1. The molecule has 2 aromatic carbocycles. The van der Waals surface area contributed by atoms with E-state index in [1.807, 2.05) is 36.5 Å². The van der Waals surface area contributed by atoms with Crippen LogP contribution in [0.3, 0.4) is 0 Å². The molecule has 1 atom stereocenters. The Labute approximate surface area is 212 Å². The summed E-state index contributed by atoms with van der Waals surface area (Å²) in [6.07, 6.45) is 8.67. The van der Waals surface area contributed by atoms with Gasteiger partial charge in [-0.1, -0.05) is 73.8 Å². The van der Waals surface area contributed by atoms with Crippen molar-refractivity contribution < 1.29 is 0 Å². The van der Waals surface area contributed by atoms with E-state index in [0.29, 0.717) is 10.9 Å². The number of nitrogens with zero attached hydrogens (tertiary/aromatic N) is 4. The summed E-state index contributed by atoms with van der Waals surface area (Å²) in [6.45, 7) is 5.04. The third kappa shape index (κ3) is 5.30. The summed E-state index contributed by atoms with van der Waals surface area (Å²) >= 11 is 6.08. The van der Waals surface area contributed by atoms with Gasteiger partial charge in [-0.15, -0.1) is 0 Å². The molecule has 1 unspecified atom stereocenters. The zero-order chi connectivity index (χ0) is 24.2. The average Bonchev–Trinajstić information content (AvgIpc) is 3.53. The second-order valence-electron chi connectivity index (χ2n) is 9.63. The van der Waals surface area contributed by atoms with Crippen LogP contribution in [-0.4, -0.2) is 27.0 Å². The molecule has 2 aromatic heterocycles. The van der Waals surface area contributed by atoms with Crippen LogP contribution in [0.5, 0.6) is 0 Å². The maximum absolute atomic E-state index is 13.2. The van der Waals surface area contributed by atoms with Crippen LogP contribution in [0.2, 0.25) is 5.02 Å². The van der Waals surface area contributed by atoms with Gasteiger partial charge in [0.15, 0.2) is 0 Å². The summed E-state index contributed by atoms with van der Waals surface area (Å²) in [6, 6.07) is 20.2. The summed E-state index contributed by atoms with van der Waals surface area (Å²) < 4.78 is 3.96. The molecule has 4 aromatic rings. The van der Waals surface area contributed by atoms with Crippen LogP contribution in [0.25, 0.3) is 17.0 Å². The Morgan fingerprint density at radius 1 is 1.06 bits per heavy atom. The summed E-state index contributed by atoms with van der Waals surface area (Å²) in [5.41, 5.74) is 3.13. The second kappa shape index (κ2) is 10.7. The number of rotatable bonds is 9. The molecule has 182 valence electrons. The first-order valence-corrected chi connectivity index (χ1v) is 13.2. The third-order valence-corrected chi connectivity index (χ3v) is 7.37. The van der Waals surface area contributed by atoms with E-state index in [-0.39, 0.29) is 5.56 Å². The minimum atomic E-state index is -0.0257. The molecule has 0 radical (unpaired) electrons. The van der Waals surface area contributed by atoms with Gasteiger partial charge in [0, 0.05) is 42.5 Å². The molecule has 1 saturated heterocycles. The van der Waals surface area contributed by atoms with E-state index >= 15 is 0 Å². The highest BCUT2D eigenvalue weighted by atomic mass is 35.5. The highest BCUT2D eigenvalue weighted by molar-refractivity contribution is 6.30. The number of benzene rings is 2. The van der Waals surface area contributed by atoms with Gasteiger partial charge in [0.05, 0.1) is 5.69 Å². The fourth-order valence-electron chi connectivity index (χ4n) is 5.13. The van der Waals surface area contributed by atoms with Gasteiger partial charge >= 0.3 is 0 Å². The Balaban J connectivity index is 1.44. The van der Waals surface area contributed by atoms with Gasteiger partial charge in [0.25, 0.3) is 5.56 Å². The molecule has 0 saturated carbocycles. The van der Waals surface area contributed by atoms with Crippen molar-refractivity contribution in [2.24, 2.45) is 5.92 Å². The smallest absolute Gasteiger partial charge is 0.261 e. The van der Waals surface area contributed by atoms with Crippen LogP contribution in [0.4, 0.5) is 5.82 Å². The Hall–Kier alpha value is -3.05. The first kappa shape index (κ1) is 23.7. The van der Waals surface area contributed by atoms with Gasteiger partial charge in [-0.05, 0) is 49.3 Å². The fraction of sp³-hybridized carbons (Fsp3) is 0.379. The predicted octanol–water partition coefficient (Wildman–Crippen LogP) is 6.47. The van der Waals surface area contributed by atoms with Crippen molar-refractivity contribution in [3.8, 4) is 11.3 Å². The molecule has 0 spiro atoms. The molecule has 0 bridgehead atoms. The molecule has 1 aliphatic heterocycles. The number of hydrogen-bond acceptors (Lipinski definition) is 3. The fourth-order valence-corrected chi connectivity index (χ4v) is 5.26. The zero-order valence-electron chi connectivity index (χ0n) is 20.4. The maximum atomic E-state index is 13.2. The molecule has 3 heterocycles. The monoisotopic (exact) mass is 488 g/mol. The van der Waals surface area contributed by atoms with Crippen molar-refractivity contribution in [2.75, 3.05) is 18.0 Å². The molecule has 5 rings (SSSR count). The number of unbranched alkanes of at least 4 members (excludes halogenated alkanes) is 2. The Morgan fingerprint density at radius 3 is 2.63 bits per heavy atom. The lowest BCUT2D eigenvalue weighted by Gasteiger charge is -2.24. The van der Waals surface area contributed by atoms with Crippen molar-refractivity contribution in [1.29, 1.82) is 0 Å². The maximum Gasteiger partial charge on any atom is 0.261 e. The summed E-state index contributed by atoms with van der Waals surface area (Å²) in [5.74, 6) is 2.37. The van der Waals surface area contributed by atoms with Gasteiger partial charge < -0.3 is 4.90 Å². The molecule has 35 heavy (non-hydrogen) atoms. The van der Waals surface area contributed by atoms with Gasteiger partial charge in [-0.25, -0.2) is 4.98 Å². The van der Waals surface area contributed by atoms with Gasteiger partial charge in [-0.3, -0.25) is 13.8 Å². The van der Waals surface area contributed by atoms with Crippen LogP contribution in [0.15, 0.2) is 71.7 Å². The lowest BCUT2D eigenvalue weighted by molar-refractivity contribution is 0.535. The average molecular weight is 489 g/mol. The molecular formula is C29H33ClN4O. The van der Waals surface area contributed by atoms with Crippen molar-refractivity contribution in [2.45, 2.75) is 52.0 Å². The lowest BCUT2D eigenvalue weighted by atomic mass is 9.99. The zero-order valence-corrected chi connectivity index (χ0v) is 21.1. The number of halogens is 1. The van der Waals surface area contributed by atoms with Gasteiger partial charge in [0.1, 0.15) is 5.82 Å². The third-order valence-electron chi connectivity index (χ3n) is 7.11. The van der Waals surface area contributed by atoms with Crippen molar-refractivity contribution in [3.63, 3.8) is 0 Å². The summed E-state index contributed by atoms with van der Waals surface area (Å²) in [7, 11) is 0. The number of anilines is 1. The SMILES string of the molecule is CCCCCn1c(N2CCC(CCc3ccccc3)C2)cc(=O)n2cc(-c3ccc(Cl)cc3)nc12. The molecule has 0 aliphatic carbocycles. The standard InChI is InChI=1S/C29H33ClN4O/c1-2-3-7-17-33-27(32-18-16-23(20-32)11-10-22-8-5-4-6-9-22)19-28(35)34-21-26(31-29(33)34)24-12-14-25(30)15-13-24/h4-6,8-9,12-15,19,21,23H,2-3,7,10-11,16-18,20H2,1H3. The molecule has 1 fully saturated rings. The van der Waals surface area contributed by atoms with E-state index in [2.05, 4.69) is 46.7 Å². The van der Waals surface area contributed by atoms with Crippen molar-refractivity contribution >= 4 is 23.2 Å². The quantitative estimate of drug-likeness (QED) is 0.254. The minimum absolute atomic E-state index is 0.0257. The van der Waals surface area contributed by atoms with Crippen molar-refractivity contribution in [3.05, 3.63) is 87.8 Å². The van der Waals surface area contributed by atoms with E-state index in [4.69, 9.17) is 16.6 Å². The van der Waals surface area contributed by atoms with Gasteiger partial charge in [0.2, 0.25) is 5.78 Å². The molecule has 5 nitrogen and oxygen atoms in total. The summed E-state index contributed by atoms with van der Waals surface area (Å²) in [4.78, 5) is 20.5.